The van der Waals surface area contributed by atoms with Crippen molar-refractivity contribution in [1.29, 1.82) is 0 Å². The molecule has 1 nitrogen and oxygen atoms in total. The Labute approximate surface area is 62.6 Å². The number of hydrogen-bond acceptors (Lipinski definition) is 1. The largest absolute Gasteiger partial charge is 0.304 e. The molecule has 0 saturated carbocycles. The second kappa shape index (κ2) is 4.67. The topological polar surface area (TPSA) is 12.0 Å². The van der Waals surface area contributed by atoms with Gasteiger partial charge in [-0.05, 0) is 26.3 Å². The van der Waals surface area contributed by atoms with Gasteiger partial charge in [0.1, 0.15) is 0 Å². The third-order valence-corrected chi connectivity index (χ3v) is 1.38. The van der Waals surface area contributed by atoms with Crippen LogP contribution >= 0.6 is 12.4 Å². The van der Waals surface area contributed by atoms with Gasteiger partial charge in [0.05, 0.1) is 6.04 Å². The fourth-order valence-electron chi connectivity index (χ4n) is 0.982. The van der Waals surface area contributed by atoms with E-state index in [1.54, 1.807) is 0 Å². The van der Waals surface area contributed by atoms with Gasteiger partial charge in [-0.3, -0.25) is 0 Å². The smallest absolute Gasteiger partial charge is 0.0689 e. The van der Waals surface area contributed by atoms with Crippen LogP contribution in [0.4, 0.5) is 0 Å². The van der Waals surface area contributed by atoms with Crippen LogP contribution in [-0.4, -0.2) is 12.6 Å². The van der Waals surface area contributed by atoms with E-state index in [9.17, 15) is 0 Å². The van der Waals surface area contributed by atoms with Crippen LogP contribution < -0.4 is 5.32 Å². The maximum atomic E-state index is 3.28. The summed E-state index contributed by atoms with van der Waals surface area (Å²) < 4.78 is 0. The average molecular weight is 146 g/mol. The normalized spacial score (nSPS) is 23.9. The molecule has 0 aliphatic carbocycles. The molecule has 9 heavy (non-hydrogen) atoms. The Kier molecular flexibility index (Phi) is 4.57. The fourth-order valence-corrected chi connectivity index (χ4v) is 0.982. The molecule has 1 aliphatic heterocycles. The van der Waals surface area contributed by atoms with E-state index in [2.05, 4.69) is 17.2 Å². The van der Waals surface area contributed by atoms with Gasteiger partial charge in [0.25, 0.3) is 0 Å². The van der Waals surface area contributed by atoms with Crippen LogP contribution in [0.3, 0.4) is 0 Å². The summed E-state index contributed by atoms with van der Waals surface area (Å²) in [6.45, 7) is 3.04. The van der Waals surface area contributed by atoms with E-state index in [1.807, 2.05) is 6.92 Å². The van der Waals surface area contributed by atoms with Gasteiger partial charge in [0, 0.05) is 0 Å². The Balaban J connectivity index is 0.000000640. The lowest BCUT2D eigenvalue weighted by atomic mass is 10.2. The van der Waals surface area contributed by atoms with Crippen molar-refractivity contribution in [1.82, 2.24) is 5.32 Å². The molecular formula is C7H12ClN. The van der Waals surface area contributed by atoms with Crippen LogP contribution in [0.2, 0.25) is 0 Å². The first kappa shape index (κ1) is 8.81. The highest BCUT2D eigenvalue weighted by atomic mass is 35.5. The van der Waals surface area contributed by atoms with E-state index < -0.39 is 0 Å². The van der Waals surface area contributed by atoms with Gasteiger partial charge in [-0.1, -0.05) is 5.92 Å². The molecule has 1 atom stereocenters. The molecule has 0 bridgehead atoms. The third-order valence-electron chi connectivity index (χ3n) is 1.38. The fraction of sp³-hybridized carbons (Fsp3) is 0.714. The molecule has 1 N–H and O–H groups in total. The summed E-state index contributed by atoms with van der Waals surface area (Å²) in [5, 5.41) is 3.28. The van der Waals surface area contributed by atoms with Crippen LogP contribution in [0.25, 0.3) is 0 Å². The molecule has 1 fully saturated rings. The standard InChI is InChI=1S/C7H11N.ClH/c1-2-4-7-5-3-6-8-7;/h7-8H,3,5-6H2,1H3;1H/t7-;/m0./s1. The first-order valence-electron chi connectivity index (χ1n) is 3.09. The lowest BCUT2D eigenvalue weighted by molar-refractivity contribution is 0.749. The zero-order chi connectivity index (χ0) is 5.82. The van der Waals surface area contributed by atoms with Crippen LogP contribution in [0.5, 0.6) is 0 Å². The second-order valence-electron chi connectivity index (χ2n) is 2.04. The second-order valence-corrected chi connectivity index (χ2v) is 2.04. The summed E-state index contributed by atoms with van der Waals surface area (Å²) in [7, 11) is 0. The average Bonchev–Trinajstić information content (AvgIpc) is 2.19. The zero-order valence-electron chi connectivity index (χ0n) is 5.61. The molecule has 0 unspecified atom stereocenters. The van der Waals surface area contributed by atoms with Crippen LogP contribution in [0.1, 0.15) is 19.8 Å². The molecule has 1 saturated heterocycles. The quantitative estimate of drug-likeness (QED) is 0.505. The summed E-state index contributed by atoms with van der Waals surface area (Å²) in [4.78, 5) is 0. The highest BCUT2D eigenvalue weighted by Gasteiger charge is 2.08. The van der Waals surface area contributed by atoms with Gasteiger partial charge >= 0.3 is 0 Å². The molecule has 0 spiro atoms. The van der Waals surface area contributed by atoms with E-state index in [4.69, 9.17) is 0 Å². The van der Waals surface area contributed by atoms with E-state index >= 15 is 0 Å². The van der Waals surface area contributed by atoms with Crippen LogP contribution in [-0.2, 0) is 0 Å². The zero-order valence-corrected chi connectivity index (χ0v) is 6.42. The molecule has 1 rings (SSSR count). The molecule has 1 aliphatic rings. The minimum Gasteiger partial charge on any atom is -0.304 e. The minimum absolute atomic E-state index is 0. The minimum atomic E-state index is 0. The van der Waals surface area contributed by atoms with Crippen molar-refractivity contribution in [3.63, 3.8) is 0 Å². The Morgan fingerprint density at radius 3 is 2.78 bits per heavy atom. The van der Waals surface area contributed by atoms with Gasteiger partial charge < -0.3 is 5.32 Å². The van der Waals surface area contributed by atoms with Gasteiger partial charge in [0.15, 0.2) is 0 Å². The van der Waals surface area contributed by atoms with Crippen molar-refractivity contribution in [2.75, 3.05) is 6.54 Å². The SMILES string of the molecule is CC#C[C@H]1CCCN1.Cl. The molecule has 52 valence electrons. The summed E-state index contributed by atoms with van der Waals surface area (Å²) in [6.07, 6.45) is 2.53. The first-order chi connectivity index (χ1) is 3.93. The molecule has 0 aromatic rings. The van der Waals surface area contributed by atoms with Crippen molar-refractivity contribution in [3.05, 3.63) is 0 Å². The van der Waals surface area contributed by atoms with E-state index in [-0.39, 0.29) is 12.4 Å². The van der Waals surface area contributed by atoms with Crippen LogP contribution in [0.15, 0.2) is 0 Å². The van der Waals surface area contributed by atoms with Gasteiger partial charge in [-0.25, -0.2) is 0 Å². The van der Waals surface area contributed by atoms with Crippen molar-refractivity contribution in [2.45, 2.75) is 25.8 Å². The molecule has 0 radical (unpaired) electrons. The number of halogens is 1. The van der Waals surface area contributed by atoms with E-state index in [0.717, 1.165) is 6.54 Å². The monoisotopic (exact) mass is 145 g/mol. The molecule has 0 aromatic carbocycles. The Hall–Kier alpha value is -0.190. The maximum absolute atomic E-state index is 3.28. The van der Waals surface area contributed by atoms with Crippen molar-refractivity contribution >= 4 is 12.4 Å². The number of hydrogen-bond donors (Lipinski definition) is 1. The lowest BCUT2D eigenvalue weighted by Crippen LogP contribution is -2.18. The Bertz CT molecular complexity index is 117. The number of rotatable bonds is 0. The molecule has 0 amide bonds. The Morgan fingerprint density at radius 1 is 1.56 bits per heavy atom. The van der Waals surface area contributed by atoms with Crippen LogP contribution in [0, 0.1) is 11.8 Å². The van der Waals surface area contributed by atoms with Gasteiger partial charge in [0.2, 0.25) is 0 Å². The summed E-state index contributed by atoms with van der Waals surface area (Å²) in [6, 6.07) is 0.500. The third kappa shape index (κ3) is 2.74. The first-order valence-corrected chi connectivity index (χ1v) is 3.09. The van der Waals surface area contributed by atoms with E-state index in [1.165, 1.54) is 12.8 Å². The highest BCUT2D eigenvalue weighted by molar-refractivity contribution is 5.85. The van der Waals surface area contributed by atoms with Crippen molar-refractivity contribution in [2.24, 2.45) is 0 Å². The summed E-state index contributed by atoms with van der Waals surface area (Å²) in [5.74, 6) is 5.98. The molecule has 2 heteroatoms. The van der Waals surface area contributed by atoms with Crippen molar-refractivity contribution in [3.8, 4) is 11.8 Å². The maximum Gasteiger partial charge on any atom is 0.0689 e. The van der Waals surface area contributed by atoms with Gasteiger partial charge in [-0.2, -0.15) is 0 Å². The highest BCUT2D eigenvalue weighted by Crippen LogP contribution is 2.02. The Morgan fingerprint density at radius 2 is 2.33 bits per heavy atom. The van der Waals surface area contributed by atoms with Crippen molar-refractivity contribution < 1.29 is 0 Å². The summed E-state index contributed by atoms with van der Waals surface area (Å²) in [5.41, 5.74) is 0. The molecule has 1 heterocycles. The molecular weight excluding hydrogens is 134 g/mol. The lowest BCUT2D eigenvalue weighted by Gasteiger charge is -1.95. The van der Waals surface area contributed by atoms with E-state index in [0.29, 0.717) is 6.04 Å². The molecule has 0 aromatic heterocycles. The predicted molar refractivity (Wildman–Crippen MR) is 41.7 cm³/mol. The predicted octanol–water partition coefficient (Wildman–Crippen LogP) is 1.18. The number of nitrogens with one attached hydrogen (secondary N) is 1. The van der Waals surface area contributed by atoms with Gasteiger partial charge in [-0.15, -0.1) is 18.3 Å². The summed E-state index contributed by atoms with van der Waals surface area (Å²) >= 11 is 0.